The summed E-state index contributed by atoms with van der Waals surface area (Å²) in [5.41, 5.74) is 0.413. The van der Waals surface area contributed by atoms with Crippen molar-refractivity contribution in [2.75, 3.05) is 0 Å². The van der Waals surface area contributed by atoms with Gasteiger partial charge in [-0.05, 0) is 92.8 Å². The molecular formula is C20H32OS. The molecular weight excluding hydrogens is 288 g/mol. The average molecular weight is 321 g/mol. The first-order chi connectivity index (χ1) is 10.4. The number of fused-ring (bicyclic) bond motifs is 6. The zero-order valence-electron chi connectivity index (χ0n) is 14.5. The molecule has 1 saturated heterocycles. The lowest BCUT2D eigenvalue weighted by Gasteiger charge is -2.60. The Morgan fingerprint density at radius 1 is 0.909 bits per heavy atom. The highest BCUT2D eigenvalue weighted by Crippen LogP contribution is 2.71. The first kappa shape index (κ1) is 14.6. The molecule has 4 saturated carbocycles. The van der Waals surface area contributed by atoms with Gasteiger partial charge in [-0.1, -0.05) is 13.8 Å². The largest absolute Gasteiger partial charge is 0.390 e. The minimum Gasteiger partial charge on any atom is -0.390 e. The van der Waals surface area contributed by atoms with Gasteiger partial charge in [0.05, 0.1) is 5.60 Å². The van der Waals surface area contributed by atoms with E-state index in [4.69, 9.17) is 0 Å². The van der Waals surface area contributed by atoms with Crippen molar-refractivity contribution in [3.63, 3.8) is 0 Å². The van der Waals surface area contributed by atoms with E-state index in [9.17, 15) is 5.11 Å². The molecule has 0 aromatic rings. The Kier molecular flexibility index (Phi) is 2.85. The lowest BCUT2D eigenvalue weighted by atomic mass is 9.44. The zero-order valence-corrected chi connectivity index (χ0v) is 15.3. The molecule has 0 bridgehead atoms. The predicted octanol–water partition coefficient (Wildman–Crippen LogP) is 4.87. The second-order valence-corrected chi connectivity index (χ2v) is 11.6. The van der Waals surface area contributed by atoms with Crippen LogP contribution in [0, 0.1) is 34.5 Å². The number of rotatable bonds is 0. The van der Waals surface area contributed by atoms with Crippen molar-refractivity contribution in [2.45, 2.75) is 88.2 Å². The van der Waals surface area contributed by atoms with Crippen LogP contribution in [0.1, 0.15) is 72.1 Å². The number of aliphatic hydroxyl groups is 1. The summed E-state index contributed by atoms with van der Waals surface area (Å²) in [5.74, 6) is 3.68. The van der Waals surface area contributed by atoms with E-state index in [-0.39, 0.29) is 5.41 Å². The summed E-state index contributed by atoms with van der Waals surface area (Å²) < 4.78 is 0. The molecule has 1 heterocycles. The van der Waals surface area contributed by atoms with E-state index in [1.165, 1.54) is 44.9 Å². The first-order valence-corrected chi connectivity index (χ1v) is 10.7. The van der Waals surface area contributed by atoms with Gasteiger partial charge in [0.15, 0.2) is 0 Å². The second kappa shape index (κ2) is 4.28. The highest BCUT2D eigenvalue weighted by Gasteiger charge is 2.65. The molecule has 0 unspecified atom stereocenters. The van der Waals surface area contributed by atoms with E-state index in [0.29, 0.717) is 5.41 Å². The normalized spacial score (nSPS) is 66.0. The van der Waals surface area contributed by atoms with Crippen LogP contribution >= 0.6 is 11.8 Å². The molecule has 4 aliphatic carbocycles. The molecule has 5 rings (SSSR count). The van der Waals surface area contributed by atoms with Gasteiger partial charge in [-0.15, -0.1) is 0 Å². The van der Waals surface area contributed by atoms with Gasteiger partial charge in [-0.2, -0.15) is 11.8 Å². The van der Waals surface area contributed by atoms with Crippen LogP contribution < -0.4 is 0 Å². The molecule has 2 heteroatoms. The van der Waals surface area contributed by atoms with E-state index < -0.39 is 5.60 Å². The number of hydrogen-bond acceptors (Lipinski definition) is 2. The Hall–Kier alpha value is 0.310. The summed E-state index contributed by atoms with van der Waals surface area (Å²) in [6.07, 6.45) is 11.0. The van der Waals surface area contributed by atoms with Crippen LogP contribution in [-0.2, 0) is 0 Å². The molecule has 9 atom stereocenters. The number of hydrogen-bond donors (Lipinski definition) is 1. The van der Waals surface area contributed by atoms with E-state index in [0.717, 1.165) is 40.6 Å². The van der Waals surface area contributed by atoms with Crippen LogP contribution in [0.4, 0.5) is 0 Å². The van der Waals surface area contributed by atoms with Crippen LogP contribution in [0.5, 0.6) is 0 Å². The third-order valence-electron chi connectivity index (χ3n) is 9.47. The Morgan fingerprint density at radius 2 is 1.68 bits per heavy atom. The first-order valence-electron chi connectivity index (χ1n) is 9.73. The molecule has 0 aromatic carbocycles. The van der Waals surface area contributed by atoms with Gasteiger partial charge < -0.3 is 5.11 Å². The zero-order chi connectivity index (χ0) is 15.3. The van der Waals surface area contributed by atoms with Gasteiger partial charge in [0.2, 0.25) is 0 Å². The second-order valence-electron chi connectivity index (χ2n) is 10.1. The Balaban J connectivity index is 1.48. The van der Waals surface area contributed by atoms with Crippen LogP contribution in [0.25, 0.3) is 0 Å². The highest BCUT2D eigenvalue weighted by molar-refractivity contribution is 8.07. The molecule has 5 fully saturated rings. The quantitative estimate of drug-likeness (QED) is 0.642. The Morgan fingerprint density at radius 3 is 2.50 bits per heavy atom. The third-order valence-corrected chi connectivity index (χ3v) is 10.9. The van der Waals surface area contributed by atoms with Gasteiger partial charge in [-0.25, -0.2) is 0 Å². The van der Waals surface area contributed by atoms with E-state index in [1.807, 2.05) is 0 Å². The minimum absolute atomic E-state index is 0.197. The van der Waals surface area contributed by atoms with Crippen LogP contribution in [0.3, 0.4) is 0 Å². The van der Waals surface area contributed by atoms with E-state index in [1.54, 1.807) is 0 Å². The molecule has 0 amide bonds. The maximum Gasteiger partial charge on any atom is 0.0675 e. The standard InChI is InChI=1S/C20H32OS/c1-18-11-17-16(22-17)10-12(18)4-5-13-14(18)6-8-19(2)15(13)7-9-20(19,3)21/h12-17,21H,4-11H2,1-3H3/t12-,13-,14+,15+,16+,17-,18+,19+,20+/m1/s1. The molecule has 1 nitrogen and oxygen atoms in total. The summed E-state index contributed by atoms with van der Waals surface area (Å²) in [7, 11) is 0. The van der Waals surface area contributed by atoms with Crippen LogP contribution in [0.2, 0.25) is 0 Å². The topological polar surface area (TPSA) is 20.2 Å². The van der Waals surface area contributed by atoms with Gasteiger partial charge in [0.1, 0.15) is 0 Å². The van der Waals surface area contributed by atoms with E-state index in [2.05, 4.69) is 32.5 Å². The summed E-state index contributed by atoms with van der Waals surface area (Å²) in [6.45, 7) is 7.22. The van der Waals surface area contributed by atoms with Crippen molar-refractivity contribution in [2.24, 2.45) is 34.5 Å². The number of thioether (sulfide) groups is 1. The van der Waals surface area contributed by atoms with Crippen LogP contribution in [-0.4, -0.2) is 21.2 Å². The van der Waals surface area contributed by atoms with Crippen LogP contribution in [0.15, 0.2) is 0 Å². The molecule has 1 N–H and O–H groups in total. The summed E-state index contributed by atoms with van der Waals surface area (Å²) >= 11 is 2.28. The summed E-state index contributed by atoms with van der Waals surface area (Å²) in [5, 5.41) is 13.0. The molecule has 0 spiro atoms. The van der Waals surface area contributed by atoms with Crippen molar-refractivity contribution in [3.8, 4) is 0 Å². The lowest BCUT2D eigenvalue weighted by Crippen LogP contribution is -2.56. The Labute approximate surface area is 140 Å². The predicted molar refractivity (Wildman–Crippen MR) is 92.9 cm³/mol. The molecule has 0 radical (unpaired) electrons. The fourth-order valence-electron chi connectivity index (χ4n) is 7.76. The molecule has 0 aromatic heterocycles. The van der Waals surface area contributed by atoms with Crippen molar-refractivity contribution >= 4 is 11.8 Å². The molecule has 5 aliphatic rings. The molecule has 22 heavy (non-hydrogen) atoms. The Bertz CT molecular complexity index is 502. The fraction of sp³-hybridized carbons (Fsp3) is 1.00. The fourth-order valence-corrected chi connectivity index (χ4v) is 9.13. The third kappa shape index (κ3) is 1.67. The lowest BCUT2D eigenvalue weighted by molar-refractivity contribution is -0.143. The van der Waals surface area contributed by atoms with Gasteiger partial charge in [0, 0.05) is 10.5 Å². The molecule has 124 valence electrons. The summed E-state index contributed by atoms with van der Waals surface area (Å²) in [4.78, 5) is 0. The van der Waals surface area contributed by atoms with Crippen molar-refractivity contribution in [3.05, 3.63) is 0 Å². The van der Waals surface area contributed by atoms with Gasteiger partial charge >= 0.3 is 0 Å². The van der Waals surface area contributed by atoms with Gasteiger partial charge in [0.25, 0.3) is 0 Å². The maximum absolute atomic E-state index is 11.0. The van der Waals surface area contributed by atoms with E-state index >= 15 is 0 Å². The van der Waals surface area contributed by atoms with Crippen molar-refractivity contribution < 1.29 is 5.11 Å². The minimum atomic E-state index is -0.412. The van der Waals surface area contributed by atoms with Gasteiger partial charge in [-0.3, -0.25) is 0 Å². The summed E-state index contributed by atoms with van der Waals surface area (Å²) in [6, 6.07) is 0. The molecule has 1 aliphatic heterocycles. The van der Waals surface area contributed by atoms with Crippen molar-refractivity contribution in [1.29, 1.82) is 0 Å². The maximum atomic E-state index is 11.0. The monoisotopic (exact) mass is 320 g/mol. The SMILES string of the molecule is C[C@]12C[C@H]3S[C@H]3C[C@H]1CC[C@@H]1[C@@H]2CC[C@@]2(C)[C@H]1CC[C@]2(C)O. The van der Waals surface area contributed by atoms with Crippen molar-refractivity contribution in [1.82, 2.24) is 0 Å². The smallest absolute Gasteiger partial charge is 0.0675 e. The highest BCUT2D eigenvalue weighted by atomic mass is 32.2. The average Bonchev–Trinajstić information content (AvgIpc) is 3.14.